The van der Waals surface area contributed by atoms with E-state index >= 15 is 0 Å². The van der Waals surface area contributed by atoms with E-state index in [1.165, 1.54) is 5.56 Å². The van der Waals surface area contributed by atoms with Gasteiger partial charge in [0.15, 0.2) is 0 Å². The van der Waals surface area contributed by atoms with Crippen molar-refractivity contribution in [1.82, 2.24) is 0 Å². The normalized spacial score (nSPS) is 12.6. The van der Waals surface area contributed by atoms with E-state index in [-0.39, 0.29) is 6.04 Å². The Labute approximate surface area is 110 Å². The van der Waals surface area contributed by atoms with Gasteiger partial charge in [0.1, 0.15) is 5.76 Å². The highest BCUT2D eigenvalue weighted by atomic mass is 79.9. The van der Waals surface area contributed by atoms with Gasteiger partial charge >= 0.3 is 0 Å². The van der Waals surface area contributed by atoms with E-state index in [4.69, 9.17) is 10.2 Å². The summed E-state index contributed by atoms with van der Waals surface area (Å²) >= 11 is 3.42. The molecule has 1 unspecified atom stereocenters. The smallest absolute Gasteiger partial charge is 0.103 e. The number of aryl methyl sites for hydroxylation is 1. The standard InChI is InChI=1S/C14H16BrNO/c15-12-5-3-11(4-6-12)10-13(16)7-8-14-2-1-9-17-14/h1-6,9,13H,7-8,10,16H2. The molecule has 1 aromatic heterocycles. The monoisotopic (exact) mass is 293 g/mol. The molecule has 1 heterocycles. The number of hydrogen-bond donors (Lipinski definition) is 1. The molecule has 0 amide bonds. The van der Waals surface area contributed by atoms with E-state index in [1.54, 1.807) is 6.26 Å². The molecule has 0 aliphatic rings. The Morgan fingerprint density at radius 1 is 1.18 bits per heavy atom. The van der Waals surface area contributed by atoms with Crippen molar-refractivity contribution in [3.63, 3.8) is 0 Å². The molecule has 2 aromatic rings. The van der Waals surface area contributed by atoms with E-state index in [0.717, 1.165) is 29.5 Å². The number of hydrogen-bond acceptors (Lipinski definition) is 2. The first kappa shape index (κ1) is 12.4. The summed E-state index contributed by atoms with van der Waals surface area (Å²) in [6.45, 7) is 0. The van der Waals surface area contributed by atoms with Gasteiger partial charge in [0.2, 0.25) is 0 Å². The van der Waals surface area contributed by atoms with Gasteiger partial charge in [-0.15, -0.1) is 0 Å². The minimum Gasteiger partial charge on any atom is -0.469 e. The van der Waals surface area contributed by atoms with Crippen molar-refractivity contribution in [2.45, 2.75) is 25.3 Å². The minimum absolute atomic E-state index is 0.182. The van der Waals surface area contributed by atoms with Crippen molar-refractivity contribution in [2.75, 3.05) is 0 Å². The summed E-state index contributed by atoms with van der Waals surface area (Å²) in [7, 11) is 0. The first-order chi connectivity index (χ1) is 8.24. The zero-order valence-corrected chi connectivity index (χ0v) is 11.2. The summed E-state index contributed by atoms with van der Waals surface area (Å²) < 4.78 is 6.39. The van der Waals surface area contributed by atoms with Crippen LogP contribution in [0.5, 0.6) is 0 Å². The fraction of sp³-hybridized carbons (Fsp3) is 0.286. The second kappa shape index (κ2) is 6.03. The van der Waals surface area contributed by atoms with E-state index in [2.05, 4.69) is 40.2 Å². The first-order valence-corrected chi connectivity index (χ1v) is 6.56. The Morgan fingerprint density at radius 2 is 1.94 bits per heavy atom. The second-order valence-electron chi connectivity index (χ2n) is 4.21. The predicted octanol–water partition coefficient (Wildman–Crippen LogP) is 3.54. The fourth-order valence-electron chi connectivity index (χ4n) is 1.81. The number of benzene rings is 1. The van der Waals surface area contributed by atoms with Gasteiger partial charge in [0.25, 0.3) is 0 Å². The topological polar surface area (TPSA) is 39.2 Å². The average molecular weight is 294 g/mol. The molecule has 0 aliphatic carbocycles. The minimum atomic E-state index is 0.182. The van der Waals surface area contributed by atoms with Crippen LogP contribution in [-0.2, 0) is 12.8 Å². The highest BCUT2D eigenvalue weighted by Gasteiger charge is 2.05. The highest BCUT2D eigenvalue weighted by molar-refractivity contribution is 9.10. The number of furan rings is 1. The lowest BCUT2D eigenvalue weighted by Crippen LogP contribution is -2.23. The van der Waals surface area contributed by atoms with E-state index in [9.17, 15) is 0 Å². The van der Waals surface area contributed by atoms with Crippen molar-refractivity contribution in [3.05, 3.63) is 58.5 Å². The van der Waals surface area contributed by atoms with Crippen LogP contribution in [0.25, 0.3) is 0 Å². The summed E-state index contributed by atoms with van der Waals surface area (Å²) in [4.78, 5) is 0. The second-order valence-corrected chi connectivity index (χ2v) is 5.12. The van der Waals surface area contributed by atoms with Crippen molar-refractivity contribution >= 4 is 15.9 Å². The van der Waals surface area contributed by atoms with Gasteiger partial charge < -0.3 is 10.2 Å². The molecule has 17 heavy (non-hydrogen) atoms. The van der Waals surface area contributed by atoms with E-state index in [1.807, 2.05) is 12.1 Å². The summed E-state index contributed by atoms with van der Waals surface area (Å²) in [5, 5.41) is 0. The van der Waals surface area contributed by atoms with Crippen molar-refractivity contribution in [3.8, 4) is 0 Å². The zero-order chi connectivity index (χ0) is 12.1. The molecule has 0 saturated heterocycles. The summed E-state index contributed by atoms with van der Waals surface area (Å²) in [6.07, 6.45) is 4.47. The molecule has 0 bridgehead atoms. The molecule has 0 saturated carbocycles. The van der Waals surface area contributed by atoms with Gasteiger partial charge in [-0.05, 0) is 42.7 Å². The summed E-state index contributed by atoms with van der Waals surface area (Å²) in [5.74, 6) is 1.01. The molecule has 0 fully saturated rings. The number of nitrogens with two attached hydrogens (primary N) is 1. The zero-order valence-electron chi connectivity index (χ0n) is 9.60. The van der Waals surface area contributed by atoms with Gasteiger partial charge in [-0.1, -0.05) is 28.1 Å². The van der Waals surface area contributed by atoms with Crippen molar-refractivity contribution in [1.29, 1.82) is 0 Å². The molecule has 2 N–H and O–H groups in total. The molecule has 90 valence electrons. The van der Waals surface area contributed by atoms with Gasteiger partial charge in [-0.2, -0.15) is 0 Å². The van der Waals surface area contributed by atoms with Crippen LogP contribution in [0.1, 0.15) is 17.7 Å². The van der Waals surface area contributed by atoms with Crippen LogP contribution in [0.15, 0.2) is 51.6 Å². The summed E-state index contributed by atoms with van der Waals surface area (Å²) in [6, 6.07) is 12.4. The molecule has 3 heteroatoms. The lowest BCUT2D eigenvalue weighted by Gasteiger charge is -2.10. The van der Waals surface area contributed by atoms with Crippen LogP contribution in [-0.4, -0.2) is 6.04 Å². The third-order valence-corrected chi connectivity index (χ3v) is 3.28. The molecule has 0 radical (unpaired) electrons. The lowest BCUT2D eigenvalue weighted by molar-refractivity contribution is 0.484. The fourth-order valence-corrected chi connectivity index (χ4v) is 2.07. The Morgan fingerprint density at radius 3 is 2.59 bits per heavy atom. The van der Waals surface area contributed by atoms with Crippen molar-refractivity contribution in [2.24, 2.45) is 5.73 Å². The summed E-state index contributed by atoms with van der Waals surface area (Å²) in [5.41, 5.74) is 7.38. The largest absolute Gasteiger partial charge is 0.469 e. The van der Waals surface area contributed by atoms with Gasteiger partial charge in [-0.25, -0.2) is 0 Å². The third kappa shape index (κ3) is 4.02. The van der Waals surface area contributed by atoms with Crippen LogP contribution in [0, 0.1) is 0 Å². The highest BCUT2D eigenvalue weighted by Crippen LogP contribution is 2.13. The Kier molecular flexibility index (Phi) is 4.40. The lowest BCUT2D eigenvalue weighted by atomic mass is 10.0. The maximum Gasteiger partial charge on any atom is 0.103 e. The van der Waals surface area contributed by atoms with Crippen LogP contribution in [0.3, 0.4) is 0 Å². The molecule has 1 atom stereocenters. The molecular formula is C14H16BrNO. The Bertz CT molecular complexity index is 436. The van der Waals surface area contributed by atoms with Crippen LogP contribution < -0.4 is 5.73 Å². The van der Waals surface area contributed by atoms with Gasteiger partial charge in [0, 0.05) is 16.9 Å². The van der Waals surface area contributed by atoms with E-state index in [0.29, 0.717) is 0 Å². The van der Waals surface area contributed by atoms with Gasteiger partial charge in [0.05, 0.1) is 6.26 Å². The number of halogens is 1. The van der Waals surface area contributed by atoms with Crippen LogP contribution in [0.2, 0.25) is 0 Å². The molecule has 2 rings (SSSR count). The maximum atomic E-state index is 6.11. The van der Waals surface area contributed by atoms with Crippen LogP contribution >= 0.6 is 15.9 Å². The van der Waals surface area contributed by atoms with Crippen LogP contribution in [0.4, 0.5) is 0 Å². The SMILES string of the molecule is NC(CCc1ccco1)Cc1ccc(Br)cc1. The van der Waals surface area contributed by atoms with Gasteiger partial charge in [-0.3, -0.25) is 0 Å². The van der Waals surface area contributed by atoms with Crippen molar-refractivity contribution < 1.29 is 4.42 Å². The molecule has 0 spiro atoms. The molecular weight excluding hydrogens is 278 g/mol. The maximum absolute atomic E-state index is 6.11. The molecule has 2 nitrogen and oxygen atoms in total. The Hall–Kier alpha value is -1.06. The molecule has 0 aliphatic heterocycles. The average Bonchev–Trinajstić information content (AvgIpc) is 2.83. The van der Waals surface area contributed by atoms with E-state index < -0.39 is 0 Å². The number of rotatable bonds is 5. The Balaban J connectivity index is 1.80. The first-order valence-electron chi connectivity index (χ1n) is 5.76. The third-order valence-electron chi connectivity index (χ3n) is 2.75. The predicted molar refractivity (Wildman–Crippen MR) is 72.9 cm³/mol. The quantitative estimate of drug-likeness (QED) is 0.916. The molecule has 1 aromatic carbocycles.